The topological polar surface area (TPSA) is 264 Å². The first-order valence-corrected chi connectivity index (χ1v) is 20.8. The van der Waals surface area contributed by atoms with Crippen LogP contribution in [0.5, 0.6) is 34.5 Å². The summed E-state index contributed by atoms with van der Waals surface area (Å²) in [4.78, 5) is 84.2. The summed E-state index contributed by atoms with van der Waals surface area (Å²) in [5.41, 5.74) is 12.0. The number of hydrogen-bond acceptors (Lipinski definition) is 14. The number of nitrogens with one attached hydrogen (secondary N) is 4. The average Bonchev–Trinajstić information content (AvgIpc) is 3.33. The molecule has 5 rings (SSSR count). The molecule has 2 aliphatic rings. The third-order valence-electron chi connectivity index (χ3n) is 11.1. The van der Waals surface area contributed by atoms with Gasteiger partial charge in [0.05, 0.1) is 76.0 Å². The summed E-state index contributed by atoms with van der Waals surface area (Å²) in [5, 5.41) is 11.4. The minimum absolute atomic E-state index is 0.142. The van der Waals surface area contributed by atoms with Crippen molar-refractivity contribution in [2.24, 2.45) is 11.5 Å². The van der Waals surface area contributed by atoms with Gasteiger partial charge in [0.1, 0.15) is 34.5 Å². The molecule has 0 saturated carbocycles. The molecule has 0 atom stereocenters. The molecule has 0 spiro atoms. The lowest BCUT2D eigenvalue weighted by molar-refractivity contribution is 0.0692. The second-order valence-electron chi connectivity index (χ2n) is 14.9. The fourth-order valence-electron chi connectivity index (χ4n) is 7.62. The third-order valence-corrected chi connectivity index (χ3v) is 11.1. The van der Waals surface area contributed by atoms with Gasteiger partial charge in [-0.25, -0.2) is 0 Å². The van der Waals surface area contributed by atoms with Crippen molar-refractivity contribution in [1.29, 1.82) is 0 Å². The smallest absolute Gasteiger partial charge is 0.257 e. The number of hydrogen-bond donors (Lipinski definition) is 6. The molecule has 3 aromatic rings. The monoisotopic (exact) mass is 890 g/mol. The molecule has 20 nitrogen and oxygen atoms in total. The van der Waals surface area contributed by atoms with E-state index in [0.717, 1.165) is 0 Å². The molecule has 8 N–H and O–H groups in total. The van der Waals surface area contributed by atoms with Crippen molar-refractivity contribution in [3.8, 4) is 34.5 Å². The number of methoxy groups -OCH3 is 6. The quantitative estimate of drug-likeness (QED) is 0.105. The largest absolute Gasteiger partial charge is 0.496 e. The Morgan fingerprint density at radius 2 is 0.719 bits per heavy atom. The third kappa shape index (κ3) is 11.0. The van der Waals surface area contributed by atoms with Crippen LogP contribution in [0.1, 0.15) is 87.8 Å². The summed E-state index contributed by atoms with van der Waals surface area (Å²) in [7, 11) is 8.49. The average molecular weight is 891 g/mol. The van der Waals surface area contributed by atoms with Crippen molar-refractivity contribution < 1.29 is 57.2 Å². The number of carbonyl (C=O) groups is 6. The lowest BCUT2D eigenvalue weighted by Gasteiger charge is -2.34. The van der Waals surface area contributed by atoms with Crippen LogP contribution >= 0.6 is 0 Å². The maximum absolute atomic E-state index is 14.1. The van der Waals surface area contributed by atoms with E-state index in [2.05, 4.69) is 21.3 Å². The molecule has 6 amide bonds. The van der Waals surface area contributed by atoms with E-state index in [0.29, 0.717) is 51.9 Å². The molecule has 2 fully saturated rings. The first-order valence-electron chi connectivity index (χ1n) is 20.8. The summed E-state index contributed by atoms with van der Waals surface area (Å²) in [6.45, 7) is 2.11. The maximum atomic E-state index is 14.1. The van der Waals surface area contributed by atoms with Gasteiger partial charge in [0.15, 0.2) is 0 Å². The van der Waals surface area contributed by atoms with Gasteiger partial charge in [0.2, 0.25) is 0 Å². The summed E-state index contributed by atoms with van der Waals surface area (Å²) in [6.07, 6.45) is 1.69. The molecule has 0 aliphatic carbocycles. The zero-order chi connectivity index (χ0) is 46.5. The molecule has 0 radical (unpaired) electrons. The van der Waals surface area contributed by atoms with Crippen molar-refractivity contribution in [3.05, 3.63) is 69.8 Å². The fourth-order valence-corrected chi connectivity index (χ4v) is 7.62. The molecule has 3 aromatic carbocycles. The Hall–Kier alpha value is -6.80. The van der Waals surface area contributed by atoms with Crippen molar-refractivity contribution in [1.82, 2.24) is 31.1 Å². The second-order valence-corrected chi connectivity index (χ2v) is 14.9. The Bertz CT molecular complexity index is 2050. The number of piperidine rings is 2. The van der Waals surface area contributed by atoms with Crippen LogP contribution in [0.25, 0.3) is 0 Å². The Morgan fingerprint density at radius 1 is 0.453 bits per heavy atom. The number of ether oxygens (including phenoxy) is 6. The van der Waals surface area contributed by atoms with Gasteiger partial charge in [0, 0.05) is 82.6 Å². The van der Waals surface area contributed by atoms with Crippen LogP contribution in [0.3, 0.4) is 0 Å². The number of nitrogens with two attached hydrogens (primary N) is 2. The number of nitrogens with zero attached hydrogens (tertiary/aromatic N) is 2. The Kier molecular flexibility index (Phi) is 17.0. The molecule has 0 bridgehead atoms. The molecular weight excluding hydrogens is 833 g/mol. The van der Waals surface area contributed by atoms with Gasteiger partial charge in [-0.1, -0.05) is 0 Å². The molecule has 346 valence electrons. The van der Waals surface area contributed by atoms with Crippen molar-refractivity contribution >= 4 is 35.4 Å². The fraction of sp³-hybridized carbons (Fsp3) is 0.455. The maximum Gasteiger partial charge on any atom is 0.257 e. The highest BCUT2D eigenvalue weighted by atomic mass is 16.5. The highest BCUT2D eigenvalue weighted by molar-refractivity contribution is 6.05. The van der Waals surface area contributed by atoms with Crippen LogP contribution in [-0.4, -0.2) is 152 Å². The molecule has 2 aliphatic heterocycles. The summed E-state index contributed by atoms with van der Waals surface area (Å²) in [5.74, 6) is -1.20. The number of benzene rings is 3. The Morgan fingerprint density at radius 3 is 1.00 bits per heavy atom. The summed E-state index contributed by atoms with van der Waals surface area (Å²) in [6, 6.07) is 8.18. The number of amides is 6. The number of likely N-dealkylation sites (tertiary alicyclic amines) is 2. The van der Waals surface area contributed by atoms with E-state index in [1.165, 1.54) is 79.1 Å². The summed E-state index contributed by atoms with van der Waals surface area (Å²) < 4.78 is 32.8. The standard InChI is InChI=1S/C44H58N8O12/c1-59-33-22-35(61-3)29(19-27(33)39(53)47-13-11-45)41(55)49-25-7-15-51(16-8-25)43(57)31-21-32(38(64-6)24-37(31)63-5)44(58)52-17-9-26(10-18-52)50-42(56)30-20-28(40(54)48-14-12-46)34(60-2)23-36(30)62-4/h19-26H,7-18,45-46H2,1-6H3,(H,47,53)(H,48,54)(H,49,55)(H,50,56). The van der Waals surface area contributed by atoms with Gasteiger partial charge in [-0.05, 0) is 43.9 Å². The van der Waals surface area contributed by atoms with E-state index >= 15 is 0 Å². The van der Waals surface area contributed by atoms with Crippen LogP contribution < -0.4 is 61.2 Å². The predicted octanol–water partition coefficient (Wildman–Crippen LogP) is 1.18. The lowest BCUT2D eigenvalue weighted by atomic mass is 9.99. The molecule has 20 heteroatoms. The highest BCUT2D eigenvalue weighted by Crippen LogP contribution is 2.34. The van der Waals surface area contributed by atoms with E-state index in [1.807, 2.05) is 0 Å². The van der Waals surface area contributed by atoms with Crippen molar-refractivity contribution in [2.45, 2.75) is 37.8 Å². The van der Waals surface area contributed by atoms with Crippen LogP contribution in [0.2, 0.25) is 0 Å². The molecule has 64 heavy (non-hydrogen) atoms. The van der Waals surface area contributed by atoms with Crippen molar-refractivity contribution in [3.63, 3.8) is 0 Å². The van der Waals surface area contributed by atoms with Gasteiger partial charge in [-0.3, -0.25) is 28.8 Å². The minimum atomic E-state index is -0.459. The molecule has 0 aromatic heterocycles. The van der Waals surface area contributed by atoms with Gasteiger partial charge < -0.3 is 71.0 Å². The second kappa shape index (κ2) is 22.5. The Balaban J connectivity index is 1.23. The zero-order valence-electron chi connectivity index (χ0n) is 37.1. The minimum Gasteiger partial charge on any atom is -0.496 e. The normalized spacial score (nSPS) is 14.2. The van der Waals surface area contributed by atoms with Gasteiger partial charge in [0.25, 0.3) is 35.4 Å². The van der Waals surface area contributed by atoms with Gasteiger partial charge in [-0.2, -0.15) is 0 Å². The molecular formula is C44H58N8O12. The van der Waals surface area contributed by atoms with Gasteiger partial charge >= 0.3 is 0 Å². The molecule has 2 saturated heterocycles. The SMILES string of the molecule is COc1cc(OC)c(C(=O)NC2CCN(C(=O)c3cc(C(=O)N4CCC(NC(=O)c5cc(C(=O)NCCN)c(OC)cc5OC)CC4)c(OC)cc3OC)CC2)cc1C(=O)NCCN. The van der Waals surface area contributed by atoms with Crippen LogP contribution in [0.15, 0.2) is 36.4 Å². The van der Waals surface area contributed by atoms with E-state index in [-0.39, 0.29) is 118 Å². The highest BCUT2D eigenvalue weighted by Gasteiger charge is 2.33. The molecule has 0 unspecified atom stereocenters. The van der Waals surface area contributed by atoms with E-state index in [9.17, 15) is 28.8 Å². The first kappa shape index (κ1) is 48.2. The number of rotatable bonds is 18. The van der Waals surface area contributed by atoms with Crippen LogP contribution in [0.4, 0.5) is 0 Å². The van der Waals surface area contributed by atoms with E-state index < -0.39 is 23.6 Å². The first-order chi connectivity index (χ1) is 30.9. The predicted molar refractivity (Wildman–Crippen MR) is 234 cm³/mol. The lowest BCUT2D eigenvalue weighted by Crippen LogP contribution is -2.47. The Labute approximate surface area is 371 Å². The number of carbonyl (C=O) groups excluding carboxylic acids is 6. The zero-order valence-corrected chi connectivity index (χ0v) is 37.1. The van der Waals surface area contributed by atoms with E-state index in [1.54, 1.807) is 9.80 Å². The summed E-state index contributed by atoms with van der Waals surface area (Å²) >= 11 is 0. The van der Waals surface area contributed by atoms with Crippen molar-refractivity contribution in [2.75, 3.05) is 95.0 Å². The van der Waals surface area contributed by atoms with Gasteiger partial charge in [-0.15, -0.1) is 0 Å². The van der Waals surface area contributed by atoms with Crippen LogP contribution in [0, 0.1) is 0 Å². The molecule has 2 heterocycles. The van der Waals surface area contributed by atoms with E-state index in [4.69, 9.17) is 39.9 Å². The van der Waals surface area contributed by atoms with Crippen LogP contribution in [-0.2, 0) is 0 Å².